The minimum absolute atomic E-state index is 0.0611. The van der Waals surface area contributed by atoms with Crippen molar-refractivity contribution in [2.45, 2.75) is 6.54 Å². The SMILES string of the molecule is O=[N+]([O-])c1ccc(Oc2ccc(CN3CC=Cc4ccccc43)cc2)c2nonc12. The summed E-state index contributed by atoms with van der Waals surface area (Å²) in [6, 6.07) is 18.9. The summed E-state index contributed by atoms with van der Waals surface area (Å²) in [6.07, 6.45) is 4.30. The Balaban J connectivity index is 1.35. The average molecular weight is 400 g/mol. The normalized spacial score (nSPS) is 12.7. The lowest BCUT2D eigenvalue weighted by Gasteiger charge is -2.28. The summed E-state index contributed by atoms with van der Waals surface area (Å²) in [5, 5.41) is 18.5. The predicted octanol–water partition coefficient (Wildman–Crippen LogP) is 4.96. The zero-order valence-corrected chi connectivity index (χ0v) is 15.8. The first-order valence-corrected chi connectivity index (χ1v) is 9.36. The predicted molar refractivity (Wildman–Crippen MR) is 112 cm³/mol. The fourth-order valence-corrected chi connectivity index (χ4v) is 3.54. The van der Waals surface area contributed by atoms with E-state index in [1.54, 1.807) is 0 Å². The lowest BCUT2D eigenvalue weighted by atomic mass is 10.1. The van der Waals surface area contributed by atoms with Crippen molar-refractivity contribution in [2.75, 3.05) is 11.4 Å². The van der Waals surface area contributed by atoms with Crippen molar-refractivity contribution >= 4 is 28.5 Å². The van der Waals surface area contributed by atoms with E-state index in [9.17, 15) is 10.1 Å². The molecule has 0 spiro atoms. The number of hydrogen-bond acceptors (Lipinski definition) is 7. The van der Waals surface area contributed by atoms with Gasteiger partial charge in [0.2, 0.25) is 5.52 Å². The molecule has 0 fully saturated rings. The first-order chi connectivity index (χ1) is 14.7. The van der Waals surface area contributed by atoms with Crippen LogP contribution in [-0.4, -0.2) is 21.8 Å². The Morgan fingerprint density at radius 2 is 1.83 bits per heavy atom. The average Bonchev–Trinajstić information content (AvgIpc) is 3.26. The number of non-ortho nitro benzene ring substituents is 1. The Bertz CT molecular complexity index is 1260. The number of nitro groups is 1. The van der Waals surface area contributed by atoms with E-state index < -0.39 is 4.92 Å². The Kier molecular flexibility index (Phi) is 4.36. The van der Waals surface area contributed by atoms with E-state index in [-0.39, 0.29) is 16.7 Å². The van der Waals surface area contributed by atoms with Crippen molar-refractivity contribution in [3.05, 3.63) is 88.0 Å². The molecule has 0 bridgehead atoms. The van der Waals surface area contributed by atoms with Crippen LogP contribution in [0.5, 0.6) is 11.5 Å². The van der Waals surface area contributed by atoms with E-state index in [1.165, 1.54) is 23.4 Å². The third-order valence-corrected chi connectivity index (χ3v) is 4.98. The summed E-state index contributed by atoms with van der Waals surface area (Å²) in [5.74, 6) is 0.940. The summed E-state index contributed by atoms with van der Waals surface area (Å²) in [5.41, 5.74) is 3.67. The maximum atomic E-state index is 11.1. The smallest absolute Gasteiger partial charge is 0.301 e. The number of rotatable bonds is 5. The molecule has 4 aromatic rings. The summed E-state index contributed by atoms with van der Waals surface area (Å²) < 4.78 is 10.5. The van der Waals surface area contributed by atoms with Gasteiger partial charge in [0.1, 0.15) is 5.75 Å². The van der Waals surface area contributed by atoms with E-state index >= 15 is 0 Å². The molecule has 148 valence electrons. The second-order valence-corrected chi connectivity index (χ2v) is 6.89. The summed E-state index contributed by atoms with van der Waals surface area (Å²) in [6.45, 7) is 1.63. The van der Waals surface area contributed by atoms with Crippen molar-refractivity contribution in [3.8, 4) is 11.5 Å². The molecule has 0 atom stereocenters. The number of nitro benzene ring substituents is 1. The molecule has 30 heavy (non-hydrogen) atoms. The monoisotopic (exact) mass is 400 g/mol. The lowest BCUT2D eigenvalue weighted by molar-refractivity contribution is -0.383. The molecule has 8 heteroatoms. The van der Waals surface area contributed by atoms with E-state index in [0.717, 1.165) is 18.7 Å². The van der Waals surface area contributed by atoms with E-state index in [0.29, 0.717) is 11.5 Å². The van der Waals surface area contributed by atoms with Gasteiger partial charge in [-0.1, -0.05) is 42.5 Å². The molecule has 5 rings (SSSR count). The standard InChI is InChI=1S/C22H16N4O4/c27-26(28)19-11-12-20(22-21(19)23-30-24-22)29-17-9-7-15(8-10-17)14-25-13-3-5-16-4-1-2-6-18(16)25/h1-12H,13-14H2. The lowest BCUT2D eigenvalue weighted by Crippen LogP contribution is -2.25. The Morgan fingerprint density at radius 1 is 1.03 bits per heavy atom. The third-order valence-electron chi connectivity index (χ3n) is 4.98. The zero-order chi connectivity index (χ0) is 20.5. The molecule has 0 aliphatic carbocycles. The number of benzene rings is 3. The van der Waals surface area contributed by atoms with E-state index in [2.05, 4.69) is 44.1 Å². The molecule has 2 heterocycles. The second kappa shape index (κ2) is 7.32. The van der Waals surface area contributed by atoms with E-state index in [4.69, 9.17) is 4.74 Å². The van der Waals surface area contributed by atoms with Gasteiger partial charge in [-0.05, 0) is 45.7 Å². The molecule has 1 aliphatic heterocycles. The molecule has 8 nitrogen and oxygen atoms in total. The van der Waals surface area contributed by atoms with Crippen LogP contribution in [-0.2, 0) is 6.54 Å². The number of para-hydroxylation sites is 1. The molecular weight excluding hydrogens is 384 g/mol. The number of hydrogen-bond donors (Lipinski definition) is 0. The second-order valence-electron chi connectivity index (χ2n) is 6.89. The van der Waals surface area contributed by atoms with Crippen LogP contribution in [0.4, 0.5) is 11.4 Å². The third kappa shape index (κ3) is 3.24. The van der Waals surface area contributed by atoms with Gasteiger partial charge in [-0.3, -0.25) is 10.1 Å². The van der Waals surface area contributed by atoms with Crippen LogP contribution < -0.4 is 9.64 Å². The van der Waals surface area contributed by atoms with Crippen LogP contribution in [0.25, 0.3) is 17.1 Å². The molecule has 1 aromatic heterocycles. The summed E-state index contributed by atoms with van der Waals surface area (Å²) >= 11 is 0. The highest BCUT2D eigenvalue weighted by atomic mass is 16.6. The minimum atomic E-state index is -0.529. The minimum Gasteiger partial charge on any atom is -0.455 e. The maximum Gasteiger partial charge on any atom is 0.301 e. The first kappa shape index (κ1) is 17.9. The Labute approximate surface area is 171 Å². The molecule has 0 unspecified atom stereocenters. The molecule has 1 aliphatic rings. The molecule has 0 saturated heterocycles. The van der Waals surface area contributed by atoms with Gasteiger partial charge in [-0.15, -0.1) is 0 Å². The van der Waals surface area contributed by atoms with Crippen LogP contribution in [0.3, 0.4) is 0 Å². The van der Waals surface area contributed by atoms with Gasteiger partial charge >= 0.3 is 5.69 Å². The number of fused-ring (bicyclic) bond motifs is 2. The van der Waals surface area contributed by atoms with Crippen LogP contribution in [0.1, 0.15) is 11.1 Å². The van der Waals surface area contributed by atoms with Crippen molar-refractivity contribution in [3.63, 3.8) is 0 Å². The molecule has 0 amide bonds. The highest BCUT2D eigenvalue weighted by Crippen LogP contribution is 2.33. The van der Waals surface area contributed by atoms with Crippen LogP contribution in [0.2, 0.25) is 0 Å². The highest BCUT2D eigenvalue weighted by Gasteiger charge is 2.21. The zero-order valence-electron chi connectivity index (χ0n) is 15.8. The summed E-state index contributed by atoms with van der Waals surface area (Å²) in [7, 11) is 0. The fraction of sp³-hybridized carbons (Fsp3) is 0.0909. The highest BCUT2D eigenvalue weighted by molar-refractivity contribution is 5.88. The maximum absolute atomic E-state index is 11.1. The molecule has 0 saturated carbocycles. The van der Waals surface area contributed by atoms with Crippen molar-refractivity contribution < 1.29 is 14.3 Å². The molecule has 3 aromatic carbocycles. The number of aromatic nitrogens is 2. The molecule has 0 radical (unpaired) electrons. The molecular formula is C22H16N4O4. The fourth-order valence-electron chi connectivity index (χ4n) is 3.54. The van der Waals surface area contributed by atoms with Gasteiger partial charge in [-0.25, -0.2) is 4.63 Å². The van der Waals surface area contributed by atoms with Gasteiger partial charge < -0.3 is 9.64 Å². The largest absolute Gasteiger partial charge is 0.455 e. The van der Waals surface area contributed by atoms with Gasteiger partial charge in [0.15, 0.2) is 11.3 Å². The van der Waals surface area contributed by atoms with Crippen molar-refractivity contribution in [1.82, 2.24) is 10.3 Å². The number of nitrogens with zero attached hydrogens (tertiary/aromatic N) is 4. The van der Waals surface area contributed by atoms with Gasteiger partial charge in [-0.2, -0.15) is 0 Å². The van der Waals surface area contributed by atoms with Crippen molar-refractivity contribution in [2.24, 2.45) is 0 Å². The van der Waals surface area contributed by atoms with Crippen LogP contribution in [0, 0.1) is 10.1 Å². The van der Waals surface area contributed by atoms with Gasteiger partial charge in [0, 0.05) is 24.8 Å². The number of ether oxygens (including phenoxy) is 1. The van der Waals surface area contributed by atoms with Crippen LogP contribution >= 0.6 is 0 Å². The quantitative estimate of drug-likeness (QED) is 0.345. The topological polar surface area (TPSA) is 94.5 Å². The Hall–Kier alpha value is -4.20. The van der Waals surface area contributed by atoms with Crippen LogP contribution in [0.15, 0.2) is 71.4 Å². The van der Waals surface area contributed by atoms with E-state index in [1.807, 2.05) is 36.4 Å². The first-order valence-electron chi connectivity index (χ1n) is 9.36. The van der Waals surface area contributed by atoms with Gasteiger partial charge in [0.25, 0.3) is 0 Å². The molecule has 0 N–H and O–H groups in total. The van der Waals surface area contributed by atoms with Crippen molar-refractivity contribution in [1.29, 1.82) is 0 Å². The Morgan fingerprint density at radius 3 is 2.67 bits per heavy atom. The van der Waals surface area contributed by atoms with Gasteiger partial charge in [0.05, 0.1) is 4.92 Å². The summed E-state index contributed by atoms with van der Waals surface area (Å²) in [4.78, 5) is 12.9. The number of anilines is 1.